The third-order valence-corrected chi connectivity index (χ3v) is 5.84. The Hall–Kier alpha value is -3.26. The quantitative estimate of drug-likeness (QED) is 0.425. The maximum absolute atomic E-state index is 13.2. The molecule has 0 radical (unpaired) electrons. The van der Waals surface area contributed by atoms with Gasteiger partial charge in [0.1, 0.15) is 22.8 Å². The summed E-state index contributed by atoms with van der Waals surface area (Å²) in [6, 6.07) is 14.9. The number of halogens is 2. The van der Waals surface area contributed by atoms with Crippen LogP contribution in [0.25, 0.3) is 21.5 Å². The van der Waals surface area contributed by atoms with E-state index in [4.69, 9.17) is 4.74 Å². The van der Waals surface area contributed by atoms with E-state index in [1.54, 1.807) is 12.1 Å². The lowest BCUT2D eigenvalue weighted by Crippen LogP contribution is -2.25. The van der Waals surface area contributed by atoms with Crippen LogP contribution in [0.3, 0.4) is 0 Å². The summed E-state index contributed by atoms with van der Waals surface area (Å²) in [5, 5.41) is 10.9. The molecule has 5 nitrogen and oxygen atoms in total. The molecule has 0 spiro atoms. The minimum absolute atomic E-state index is 0.0144. The van der Waals surface area contributed by atoms with Crippen molar-refractivity contribution in [3.8, 4) is 22.6 Å². The highest BCUT2D eigenvalue weighted by Gasteiger charge is 2.23. The molecule has 1 N–H and O–H groups in total. The fourth-order valence-corrected chi connectivity index (χ4v) is 4.26. The first-order chi connectivity index (χ1) is 15.0. The van der Waals surface area contributed by atoms with E-state index in [2.05, 4.69) is 4.98 Å². The fourth-order valence-electron chi connectivity index (χ4n) is 3.52. The number of pyridine rings is 1. The molecule has 31 heavy (non-hydrogen) atoms. The van der Waals surface area contributed by atoms with E-state index in [1.807, 2.05) is 43.3 Å². The van der Waals surface area contributed by atoms with Crippen LogP contribution in [-0.2, 0) is 19.6 Å². The zero-order chi connectivity index (χ0) is 22.0. The number of ether oxygens (including phenoxy) is 1. The van der Waals surface area contributed by atoms with Gasteiger partial charge in [-0.25, -0.2) is 13.8 Å². The zero-order valence-electron chi connectivity index (χ0n) is 16.7. The number of hydrogen-bond acceptors (Lipinski definition) is 5. The van der Waals surface area contributed by atoms with Gasteiger partial charge in [0.15, 0.2) is 5.65 Å². The van der Waals surface area contributed by atoms with Crippen molar-refractivity contribution in [2.24, 2.45) is 0 Å². The highest BCUT2D eigenvalue weighted by atomic mass is 32.1. The van der Waals surface area contributed by atoms with Crippen molar-refractivity contribution >= 4 is 21.7 Å². The molecule has 0 fully saturated rings. The normalized spacial score (nSPS) is 11.4. The molecule has 2 aromatic heterocycles. The number of benzene rings is 2. The van der Waals surface area contributed by atoms with Gasteiger partial charge in [0, 0.05) is 0 Å². The maximum Gasteiger partial charge on any atom is 0.264 e. The molecule has 0 bridgehead atoms. The first-order valence-electron chi connectivity index (χ1n) is 9.76. The molecule has 2 aromatic carbocycles. The first-order valence-corrected chi connectivity index (χ1v) is 10.6. The van der Waals surface area contributed by atoms with Crippen LogP contribution in [0.1, 0.15) is 18.1 Å². The molecule has 2 heterocycles. The number of aromatic nitrogens is 2. The number of fused-ring (bicyclic) bond motifs is 1. The molecule has 4 rings (SSSR count). The molecule has 4 aromatic rings. The topological polar surface area (TPSA) is 64.3 Å². The SMILES string of the molecule is CCc1ccc(OCc2ccccc2)cc1-c1c(O)c2scnc2n(CC(F)F)c1=O. The van der Waals surface area contributed by atoms with Crippen molar-refractivity contribution in [2.75, 3.05) is 0 Å². The number of aromatic hydroxyl groups is 1. The van der Waals surface area contributed by atoms with E-state index in [1.165, 1.54) is 5.51 Å². The largest absolute Gasteiger partial charge is 0.505 e. The number of nitrogens with zero attached hydrogens (tertiary/aromatic N) is 2. The van der Waals surface area contributed by atoms with Gasteiger partial charge in [0.05, 0.1) is 17.6 Å². The highest BCUT2D eigenvalue weighted by molar-refractivity contribution is 7.17. The summed E-state index contributed by atoms with van der Waals surface area (Å²) in [7, 11) is 0. The Balaban J connectivity index is 1.83. The van der Waals surface area contributed by atoms with Crippen LogP contribution in [0.15, 0.2) is 58.8 Å². The van der Waals surface area contributed by atoms with E-state index >= 15 is 0 Å². The fraction of sp³-hybridized carbons (Fsp3) is 0.217. The number of rotatable bonds is 7. The summed E-state index contributed by atoms with van der Waals surface area (Å²) < 4.78 is 33.5. The lowest BCUT2D eigenvalue weighted by Gasteiger charge is -2.15. The molecule has 0 atom stereocenters. The number of aryl methyl sites for hydroxylation is 1. The second-order valence-corrected chi connectivity index (χ2v) is 7.84. The maximum atomic E-state index is 13.2. The van der Waals surface area contributed by atoms with Crippen LogP contribution >= 0.6 is 11.3 Å². The van der Waals surface area contributed by atoms with Crippen LogP contribution in [0.5, 0.6) is 11.5 Å². The van der Waals surface area contributed by atoms with Gasteiger partial charge in [0.2, 0.25) is 0 Å². The standard InChI is InChI=1S/C23H20F2N2O3S/c1-2-15-8-9-16(30-12-14-6-4-3-5-7-14)10-17(15)19-20(28)21-22(26-13-31-21)27(23(19)29)11-18(24)25/h3-10,13,18,28H,2,11-12H2,1H3. The summed E-state index contributed by atoms with van der Waals surface area (Å²) in [4.78, 5) is 17.2. The Morgan fingerprint density at radius 2 is 1.97 bits per heavy atom. The van der Waals surface area contributed by atoms with Gasteiger partial charge in [-0.05, 0) is 35.2 Å². The Kier molecular flexibility index (Phi) is 5.99. The van der Waals surface area contributed by atoms with Crippen molar-refractivity contribution in [3.05, 3.63) is 75.5 Å². The Morgan fingerprint density at radius 3 is 2.68 bits per heavy atom. The number of thiazole rings is 1. The van der Waals surface area contributed by atoms with Crippen LogP contribution < -0.4 is 10.3 Å². The summed E-state index contributed by atoms with van der Waals surface area (Å²) in [6.45, 7) is 1.46. The van der Waals surface area contributed by atoms with E-state index < -0.39 is 18.5 Å². The van der Waals surface area contributed by atoms with Crippen molar-refractivity contribution in [2.45, 2.75) is 32.9 Å². The van der Waals surface area contributed by atoms with Crippen molar-refractivity contribution in [3.63, 3.8) is 0 Å². The number of hydrogen-bond donors (Lipinski definition) is 1. The molecule has 0 amide bonds. The summed E-state index contributed by atoms with van der Waals surface area (Å²) in [5.41, 5.74) is 3.02. The molecular formula is C23H20F2N2O3S. The Bertz CT molecular complexity index is 1270. The molecule has 160 valence electrons. The Labute approximate surface area is 181 Å². The molecule has 0 saturated heterocycles. The summed E-state index contributed by atoms with van der Waals surface area (Å²) in [5.74, 6) is 0.266. The van der Waals surface area contributed by atoms with E-state index in [9.17, 15) is 18.7 Å². The lowest BCUT2D eigenvalue weighted by atomic mass is 9.97. The molecule has 0 aliphatic carbocycles. The Morgan fingerprint density at radius 1 is 1.19 bits per heavy atom. The van der Waals surface area contributed by atoms with Gasteiger partial charge in [-0.2, -0.15) is 0 Å². The van der Waals surface area contributed by atoms with E-state index in [-0.39, 0.29) is 17.0 Å². The predicted molar refractivity (Wildman–Crippen MR) is 117 cm³/mol. The molecule has 0 aliphatic heterocycles. The van der Waals surface area contributed by atoms with Gasteiger partial charge in [0.25, 0.3) is 12.0 Å². The summed E-state index contributed by atoms with van der Waals surface area (Å²) >= 11 is 1.10. The number of alkyl halides is 2. The zero-order valence-corrected chi connectivity index (χ0v) is 17.5. The first kappa shape index (κ1) is 21.0. The third-order valence-electron chi connectivity index (χ3n) is 5.02. The second-order valence-electron chi connectivity index (χ2n) is 6.98. The molecular weight excluding hydrogens is 422 g/mol. The van der Waals surface area contributed by atoms with E-state index in [0.717, 1.165) is 27.0 Å². The van der Waals surface area contributed by atoms with Crippen LogP contribution in [-0.4, -0.2) is 21.1 Å². The monoisotopic (exact) mass is 442 g/mol. The molecule has 8 heteroatoms. The van der Waals surface area contributed by atoms with Crippen molar-refractivity contribution in [1.29, 1.82) is 0 Å². The van der Waals surface area contributed by atoms with Gasteiger partial charge < -0.3 is 9.84 Å². The van der Waals surface area contributed by atoms with Gasteiger partial charge in [-0.3, -0.25) is 9.36 Å². The molecule has 0 unspecified atom stereocenters. The summed E-state index contributed by atoms with van der Waals surface area (Å²) in [6.07, 6.45) is -2.14. The predicted octanol–water partition coefficient (Wildman–Crippen LogP) is 5.24. The van der Waals surface area contributed by atoms with Gasteiger partial charge >= 0.3 is 0 Å². The van der Waals surface area contributed by atoms with E-state index in [0.29, 0.717) is 29.0 Å². The third kappa shape index (κ3) is 4.16. The van der Waals surface area contributed by atoms with Crippen LogP contribution in [0.4, 0.5) is 8.78 Å². The van der Waals surface area contributed by atoms with Crippen molar-refractivity contribution < 1.29 is 18.6 Å². The molecule has 0 saturated carbocycles. The minimum Gasteiger partial charge on any atom is -0.505 e. The highest BCUT2D eigenvalue weighted by Crippen LogP contribution is 2.38. The smallest absolute Gasteiger partial charge is 0.264 e. The van der Waals surface area contributed by atoms with Gasteiger partial charge in [-0.1, -0.05) is 43.3 Å². The minimum atomic E-state index is -2.73. The average molecular weight is 442 g/mol. The van der Waals surface area contributed by atoms with Crippen molar-refractivity contribution in [1.82, 2.24) is 9.55 Å². The molecule has 0 aliphatic rings. The average Bonchev–Trinajstić information content (AvgIpc) is 3.26. The second kappa shape index (κ2) is 8.85. The van der Waals surface area contributed by atoms with Crippen LogP contribution in [0, 0.1) is 0 Å². The van der Waals surface area contributed by atoms with Crippen LogP contribution in [0.2, 0.25) is 0 Å². The lowest BCUT2D eigenvalue weighted by molar-refractivity contribution is 0.126. The van der Waals surface area contributed by atoms with Gasteiger partial charge in [-0.15, -0.1) is 11.3 Å².